The molecule has 12 heteroatoms. The van der Waals surface area contributed by atoms with Crippen molar-refractivity contribution in [1.29, 1.82) is 0 Å². The number of aromatic nitrogens is 6. The average Bonchev–Trinajstić information content (AvgIpc) is 3.50. The predicted molar refractivity (Wildman–Crippen MR) is 124 cm³/mol. The summed E-state index contributed by atoms with van der Waals surface area (Å²) in [6.45, 7) is 1.93. The van der Waals surface area contributed by atoms with Gasteiger partial charge in [-0.2, -0.15) is 5.10 Å². The standard InChI is InChI=1S/C19H20ClN7O2S2/c1-11-9-12(23-22-11)18-24-25-19(26-30-8-7-16-21-10-15(20)31-16)27(18)17-13(28-2)5-4-6-14(17)29-3/h4-6,9-10H,7-8H2,1-3H3,(H,22,23)(H,25,26). The van der Waals surface area contributed by atoms with Gasteiger partial charge in [-0.3, -0.25) is 14.4 Å². The van der Waals surface area contributed by atoms with Crippen LogP contribution in [-0.4, -0.2) is 49.9 Å². The van der Waals surface area contributed by atoms with E-state index in [9.17, 15) is 0 Å². The summed E-state index contributed by atoms with van der Waals surface area (Å²) >= 11 is 8.94. The molecule has 0 fully saturated rings. The Balaban J connectivity index is 1.67. The lowest BCUT2D eigenvalue weighted by molar-refractivity contribution is 0.391. The van der Waals surface area contributed by atoms with Gasteiger partial charge >= 0.3 is 0 Å². The highest BCUT2D eigenvalue weighted by Gasteiger charge is 2.23. The second-order valence-electron chi connectivity index (χ2n) is 6.39. The minimum atomic E-state index is 0.528. The van der Waals surface area contributed by atoms with Crippen LogP contribution in [0.2, 0.25) is 4.34 Å². The Labute approximate surface area is 192 Å². The van der Waals surface area contributed by atoms with E-state index in [1.807, 2.05) is 35.8 Å². The van der Waals surface area contributed by atoms with Gasteiger partial charge in [-0.15, -0.1) is 21.5 Å². The number of nitrogens with one attached hydrogen (secondary N) is 2. The number of rotatable bonds is 9. The number of ether oxygens (including phenoxy) is 2. The maximum Gasteiger partial charge on any atom is 0.239 e. The Bertz CT molecular complexity index is 1150. The molecule has 0 radical (unpaired) electrons. The zero-order valence-electron chi connectivity index (χ0n) is 17.0. The maximum absolute atomic E-state index is 5.96. The summed E-state index contributed by atoms with van der Waals surface area (Å²) in [6.07, 6.45) is 2.45. The number of H-pyrrole nitrogens is 1. The predicted octanol–water partition coefficient (Wildman–Crippen LogP) is 4.40. The van der Waals surface area contributed by atoms with Crippen LogP contribution in [0.1, 0.15) is 10.7 Å². The van der Waals surface area contributed by atoms with Gasteiger partial charge < -0.3 is 9.47 Å². The van der Waals surface area contributed by atoms with Crippen molar-refractivity contribution in [1.82, 2.24) is 29.9 Å². The van der Waals surface area contributed by atoms with Crippen molar-refractivity contribution >= 4 is 40.8 Å². The van der Waals surface area contributed by atoms with Gasteiger partial charge in [0.15, 0.2) is 5.82 Å². The van der Waals surface area contributed by atoms with Gasteiger partial charge in [0.25, 0.3) is 0 Å². The van der Waals surface area contributed by atoms with Gasteiger partial charge in [-0.25, -0.2) is 4.98 Å². The molecule has 162 valence electrons. The largest absolute Gasteiger partial charge is 0.494 e. The number of aromatic amines is 1. The quantitative estimate of drug-likeness (QED) is 0.270. The number of methoxy groups -OCH3 is 2. The summed E-state index contributed by atoms with van der Waals surface area (Å²) in [4.78, 5) is 4.28. The third-order valence-corrected chi connectivity index (χ3v) is 6.24. The molecule has 0 saturated carbocycles. The molecule has 0 amide bonds. The summed E-state index contributed by atoms with van der Waals surface area (Å²) in [7, 11) is 3.23. The number of hydrogen-bond acceptors (Lipinski definition) is 9. The van der Waals surface area contributed by atoms with Gasteiger partial charge in [-0.1, -0.05) is 17.7 Å². The molecule has 2 N–H and O–H groups in total. The molecule has 0 aliphatic heterocycles. The van der Waals surface area contributed by atoms with Crippen molar-refractivity contribution in [3.8, 4) is 28.7 Å². The monoisotopic (exact) mass is 477 g/mol. The third-order valence-electron chi connectivity index (χ3n) is 4.33. The van der Waals surface area contributed by atoms with E-state index in [2.05, 4.69) is 30.1 Å². The summed E-state index contributed by atoms with van der Waals surface area (Å²) in [6, 6.07) is 7.50. The molecule has 0 aliphatic carbocycles. The normalized spacial score (nSPS) is 11.0. The van der Waals surface area contributed by atoms with E-state index >= 15 is 0 Å². The van der Waals surface area contributed by atoms with Gasteiger partial charge in [-0.05, 0) is 37.1 Å². The Kier molecular flexibility index (Phi) is 6.64. The maximum atomic E-state index is 5.96. The smallest absolute Gasteiger partial charge is 0.239 e. The Hall–Kier alpha value is -2.76. The Morgan fingerprint density at radius 3 is 2.61 bits per heavy atom. The molecule has 4 aromatic rings. The van der Waals surface area contributed by atoms with Crippen LogP contribution in [0.5, 0.6) is 11.5 Å². The summed E-state index contributed by atoms with van der Waals surface area (Å²) < 4.78 is 17.0. The molecule has 9 nitrogen and oxygen atoms in total. The van der Waals surface area contributed by atoms with Crippen molar-refractivity contribution in [2.45, 2.75) is 13.3 Å². The average molecular weight is 478 g/mol. The number of para-hydroxylation sites is 1. The lowest BCUT2D eigenvalue weighted by Gasteiger charge is -2.16. The van der Waals surface area contributed by atoms with E-state index in [1.165, 1.54) is 23.3 Å². The fourth-order valence-corrected chi connectivity index (χ4v) is 4.71. The Morgan fingerprint density at radius 1 is 1.23 bits per heavy atom. The zero-order chi connectivity index (χ0) is 21.8. The fraction of sp³-hybridized carbons (Fsp3) is 0.263. The highest BCUT2D eigenvalue weighted by Crippen LogP contribution is 2.37. The number of benzene rings is 1. The van der Waals surface area contributed by atoms with E-state index in [4.69, 9.17) is 21.1 Å². The molecular weight excluding hydrogens is 458 g/mol. The molecular formula is C19H20ClN7O2S2. The molecule has 0 bridgehead atoms. The van der Waals surface area contributed by atoms with E-state index in [0.717, 1.165) is 22.9 Å². The first kappa shape index (κ1) is 21.5. The minimum Gasteiger partial charge on any atom is -0.494 e. The van der Waals surface area contributed by atoms with Gasteiger partial charge in [0.1, 0.15) is 27.2 Å². The van der Waals surface area contributed by atoms with Crippen LogP contribution in [0.15, 0.2) is 30.5 Å². The number of hydrogen-bond donors (Lipinski definition) is 2. The van der Waals surface area contributed by atoms with E-state index in [1.54, 1.807) is 20.4 Å². The lowest BCUT2D eigenvalue weighted by atomic mass is 10.2. The van der Waals surface area contributed by atoms with Crippen molar-refractivity contribution in [3.05, 3.63) is 45.5 Å². The molecule has 0 saturated heterocycles. The van der Waals surface area contributed by atoms with Crippen molar-refractivity contribution in [2.75, 3.05) is 24.7 Å². The lowest BCUT2D eigenvalue weighted by Crippen LogP contribution is -2.07. The number of halogens is 1. The van der Waals surface area contributed by atoms with Gasteiger partial charge in [0, 0.05) is 17.9 Å². The van der Waals surface area contributed by atoms with Crippen LogP contribution in [0.3, 0.4) is 0 Å². The second-order valence-corrected chi connectivity index (χ2v) is 9.04. The fourth-order valence-electron chi connectivity index (χ4n) is 2.97. The summed E-state index contributed by atoms with van der Waals surface area (Å²) in [5.41, 5.74) is 2.26. The second kappa shape index (κ2) is 9.58. The zero-order valence-corrected chi connectivity index (χ0v) is 19.4. The number of thiazole rings is 1. The molecule has 0 spiro atoms. The first-order chi connectivity index (χ1) is 15.1. The molecule has 0 unspecified atom stereocenters. The van der Waals surface area contributed by atoms with Crippen molar-refractivity contribution in [3.63, 3.8) is 0 Å². The summed E-state index contributed by atoms with van der Waals surface area (Å²) in [5.74, 6) is 3.11. The molecule has 3 aromatic heterocycles. The number of nitrogens with zero attached hydrogens (tertiary/aromatic N) is 5. The summed E-state index contributed by atoms with van der Waals surface area (Å²) in [5, 5.41) is 17.0. The highest BCUT2D eigenvalue weighted by molar-refractivity contribution is 8.00. The van der Waals surface area contributed by atoms with Crippen LogP contribution >= 0.6 is 34.9 Å². The van der Waals surface area contributed by atoms with Crippen LogP contribution in [0, 0.1) is 6.92 Å². The molecule has 3 heterocycles. The molecule has 4 rings (SSSR count). The topological polar surface area (TPSA) is 103 Å². The molecule has 1 aromatic carbocycles. The number of anilines is 1. The molecule has 0 atom stereocenters. The first-order valence-electron chi connectivity index (χ1n) is 9.28. The minimum absolute atomic E-state index is 0.528. The van der Waals surface area contributed by atoms with E-state index < -0.39 is 0 Å². The van der Waals surface area contributed by atoms with Gasteiger partial charge in [0.05, 0.1) is 25.4 Å². The molecule has 0 aliphatic rings. The van der Waals surface area contributed by atoms with Crippen LogP contribution in [0.4, 0.5) is 5.95 Å². The van der Waals surface area contributed by atoms with Crippen LogP contribution in [-0.2, 0) is 6.42 Å². The number of aryl methyl sites for hydroxylation is 2. The Morgan fingerprint density at radius 2 is 2.00 bits per heavy atom. The third kappa shape index (κ3) is 4.63. The van der Waals surface area contributed by atoms with Crippen molar-refractivity contribution < 1.29 is 9.47 Å². The highest BCUT2D eigenvalue weighted by atomic mass is 35.5. The van der Waals surface area contributed by atoms with Crippen molar-refractivity contribution in [2.24, 2.45) is 0 Å². The van der Waals surface area contributed by atoms with E-state index in [0.29, 0.717) is 39.0 Å². The van der Waals surface area contributed by atoms with E-state index in [-0.39, 0.29) is 0 Å². The first-order valence-corrected chi connectivity index (χ1v) is 11.5. The SMILES string of the molecule is COc1cccc(OC)c1-n1c(NSCCc2ncc(Cl)s2)nnc1-c1cc(C)[nH]n1. The van der Waals surface area contributed by atoms with Crippen LogP contribution in [0.25, 0.3) is 17.2 Å². The van der Waals surface area contributed by atoms with Gasteiger partial charge in [0.2, 0.25) is 5.95 Å². The van der Waals surface area contributed by atoms with Crippen LogP contribution < -0.4 is 14.2 Å². The molecule has 31 heavy (non-hydrogen) atoms.